The van der Waals surface area contributed by atoms with Crippen molar-refractivity contribution in [3.8, 4) is 0 Å². The molecule has 0 heterocycles. The summed E-state index contributed by atoms with van der Waals surface area (Å²) in [5.74, 6) is 1.64. The van der Waals surface area contributed by atoms with Crippen molar-refractivity contribution in [2.75, 3.05) is 0 Å². The molecule has 4 aliphatic carbocycles. The second-order valence-corrected chi connectivity index (χ2v) is 8.91. The highest BCUT2D eigenvalue weighted by Gasteiger charge is 2.70. The monoisotopic (exact) mass is 263 g/mol. The zero-order valence-corrected chi connectivity index (χ0v) is 12.8. The molecular weight excluding hydrogens is 234 g/mol. The van der Waals surface area contributed by atoms with E-state index in [0.29, 0.717) is 5.92 Å². The topological polar surface area (TPSA) is 32.3 Å². The molecule has 0 aromatic rings. The summed E-state index contributed by atoms with van der Waals surface area (Å²) >= 11 is 0. The summed E-state index contributed by atoms with van der Waals surface area (Å²) in [7, 11) is 0. The minimum atomic E-state index is -0.612. The molecule has 0 aliphatic heterocycles. The first-order valence-electron chi connectivity index (χ1n) is 8.32. The molecule has 4 rings (SSSR count). The van der Waals surface area contributed by atoms with Crippen LogP contribution >= 0.6 is 0 Å². The Morgan fingerprint density at radius 3 is 2.05 bits per heavy atom. The van der Waals surface area contributed by atoms with Gasteiger partial charge in [0.05, 0.1) is 0 Å². The molecule has 4 bridgehead atoms. The third kappa shape index (κ3) is 1.35. The van der Waals surface area contributed by atoms with Crippen LogP contribution in [-0.4, -0.2) is 16.4 Å². The maximum Gasteiger partial charge on any atom is 0.122 e. The summed E-state index contributed by atoms with van der Waals surface area (Å²) in [6.07, 6.45) is 10.1. The van der Waals surface area contributed by atoms with E-state index < -0.39 is 5.72 Å². The zero-order valence-electron chi connectivity index (χ0n) is 12.8. The van der Waals surface area contributed by atoms with Crippen LogP contribution in [0.4, 0.5) is 0 Å². The Bertz CT molecular complexity index is 409. The third-order valence-corrected chi connectivity index (χ3v) is 8.10. The Morgan fingerprint density at radius 2 is 1.63 bits per heavy atom. The van der Waals surface area contributed by atoms with Crippen molar-refractivity contribution >= 4 is 0 Å². The molecule has 4 aliphatic rings. The smallest absolute Gasteiger partial charge is 0.122 e. The van der Waals surface area contributed by atoms with E-state index >= 15 is 0 Å². The highest BCUT2D eigenvalue weighted by Crippen LogP contribution is 2.69. The fourth-order valence-electron chi connectivity index (χ4n) is 6.27. The van der Waals surface area contributed by atoms with Crippen molar-refractivity contribution < 1.29 is 5.11 Å². The summed E-state index contributed by atoms with van der Waals surface area (Å²) in [6.45, 7) is 7.10. The lowest BCUT2D eigenvalue weighted by Gasteiger charge is -2.49. The van der Waals surface area contributed by atoms with Crippen LogP contribution in [0.15, 0.2) is 0 Å². The average Bonchev–Trinajstić information content (AvgIpc) is 2.99. The lowest BCUT2D eigenvalue weighted by atomic mass is 9.67. The first-order valence-corrected chi connectivity index (χ1v) is 8.32. The summed E-state index contributed by atoms with van der Waals surface area (Å²) in [4.78, 5) is 0. The SMILES string of the molecule is CC1(C)C2CCC1(C)C(O)(NC13CCC(CC1)C3)C2. The van der Waals surface area contributed by atoms with E-state index in [1.807, 2.05) is 0 Å². The Labute approximate surface area is 117 Å². The van der Waals surface area contributed by atoms with Gasteiger partial charge in [0.15, 0.2) is 0 Å². The molecule has 3 atom stereocenters. The molecule has 19 heavy (non-hydrogen) atoms. The molecule has 0 amide bonds. The molecule has 2 N–H and O–H groups in total. The van der Waals surface area contributed by atoms with E-state index in [0.717, 1.165) is 12.3 Å². The minimum Gasteiger partial charge on any atom is -0.375 e. The summed E-state index contributed by atoms with van der Waals surface area (Å²) in [5.41, 5.74) is 0.00370. The minimum absolute atomic E-state index is 0.0556. The number of hydrogen-bond donors (Lipinski definition) is 2. The van der Waals surface area contributed by atoms with Crippen LogP contribution in [-0.2, 0) is 0 Å². The Hall–Kier alpha value is -0.0800. The van der Waals surface area contributed by atoms with Crippen LogP contribution < -0.4 is 5.32 Å². The third-order valence-electron chi connectivity index (χ3n) is 8.10. The van der Waals surface area contributed by atoms with Crippen LogP contribution in [0, 0.1) is 22.7 Å². The Morgan fingerprint density at radius 1 is 0.947 bits per heavy atom. The predicted octanol–water partition coefficient (Wildman–Crippen LogP) is 3.44. The van der Waals surface area contributed by atoms with Gasteiger partial charge in [-0.2, -0.15) is 0 Å². The zero-order chi connectivity index (χ0) is 13.5. The molecule has 2 nitrogen and oxygen atoms in total. The van der Waals surface area contributed by atoms with E-state index in [-0.39, 0.29) is 16.4 Å². The summed E-state index contributed by atoms with van der Waals surface area (Å²) < 4.78 is 0. The Balaban J connectivity index is 1.65. The van der Waals surface area contributed by atoms with Crippen molar-refractivity contribution in [2.24, 2.45) is 22.7 Å². The van der Waals surface area contributed by atoms with Gasteiger partial charge in [0.25, 0.3) is 0 Å². The molecule has 108 valence electrons. The first kappa shape index (κ1) is 12.6. The highest BCUT2D eigenvalue weighted by atomic mass is 16.3. The molecule has 0 aromatic heterocycles. The molecule has 3 unspecified atom stereocenters. The van der Waals surface area contributed by atoms with Crippen LogP contribution in [0.1, 0.15) is 72.1 Å². The molecule has 0 saturated heterocycles. The van der Waals surface area contributed by atoms with E-state index in [2.05, 4.69) is 26.1 Å². The second kappa shape index (κ2) is 3.39. The normalized spacial score (nSPS) is 58.1. The van der Waals surface area contributed by atoms with Crippen molar-refractivity contribution in [3.05, 3.63) is 0 Å². The van der Waals surface area contributed by atoms with Gasteiger partial charge in [-0.1, -0.05) is 20.8 Å². The fourth-order valence-corrected chi connectivity index (χ4v) is 6.27. The standard InChI is InChI=1S/C17H29NO/c1-14(2)13-6-7-15(14,3)17(19,11-13)18-16-8-4-12(10-16)5-9-16/h12-13,18-19H,4-11H2,1-3H3. The summed E-state index contributed by atoms with van der Waals surface area (Å²) in [5, 5.41) is 15.3. The maximum atomic E-state index is 11.4. The molecule has 0 spiro atoms. The quantitative estimate of drug-likeness (QED) is 0.748. The van der Waals surface area contributed by atoms with Gasteiger partial charge in [-0.3, -0.25) is 5.32 Å². The van der Waals surface area contributed by atoms with Gasteiger partial charge in [0, 0.05) is 11.0 Å². The number of aliphatic hydroxyl groups is 1. The van der Waals surface area contributed by atoms with E-state index in [1.165, 1.54) is 44.9 Å². The lowest BCUT2D eigenvalue weighted by Crippen LogP contribution is -2.63. The lowest BCUT2D eigenvalue weighted by molar-refractivity contribution is -0.131. The summed E-state index contributed by atoms with van der Waals surface area (Å²) in [6, 6.07) is 0. The van der Waals surface area contributed by atoms with Crippen molar-refractivity contribution in [3.63, 3.8) is 0 Å². The Kier molecular flexibility index (Phi) is 2.25. The maximum absolute atomic E-state index is 11.4. The first-order chi connectivity index (χ1) is 8.80. The van der Waals surface area contributed by atoms with Gasteiger partial charge in [-0.25, -0.2) is 0 Å². The van der Waals surface area contributed by atoms with Gasteiger partial charge >= 0.3 is 0 Å². The van der Waals surface area contributed by atoms with Crippen LogP contribution in [0.5, 0.6) is 0 Å². The molecule has 0 radical (unpaired) electrons. The van der Waals surface area contributed by atoms with E-state index in [4.69, 9.17) is 0 Å². The van der Waals surface area contributed by atoms with Gasteiger partial charge in [-0.05, 0) is 68.6 Å². The van der Waals surface area contributed by atoms with Crippen LogP contribution in [0.2, 0.25) is 0 Å². The number of hydrogen-bond acceptors (Lipinski definition) is 2. The number of rotatable bonds is 2. The van der Waals surface area contributed by atoms with Gasteiger partial charge in [-0.15, -0.1) is 0 Å². The van der Waals surface area contributed by atoms with Crippen molar-refractivity contribution in [2.45, 2.75) is 83.4 Å². The van der Waals surface area contributed by atoms with Gasteiger partial charge in [0.2, 0.25) is 0 Å². The highest BCUT2D eigenvalue weighted by molar-refractivity contribution is 5.19. The second-order valence-electron chi connectivity index (χ2n) is 8.91. The van der Waals surface area contributed by atoms with Crippen molar-refractivity contribution in [1.29, 1.82) is 0 Å². The van der Waals surface area contributed by atoms with E-state index in [1.54, 1.807) is 0 Å². The van der Waals surface area contributed by atoms with Gasteiger partial charge < -0.3 is 5.11 Å². The largest absolute Gasteiger partial charge is 0.375 e. The molecule has 2 heteroatoms. The van der Waals surface area contributed by atoms with E-state index in [9.17, 15) is 5.11 Å². The molecular formula is C17H29NO. The molecule has 4 fully saturated rings. The molecule has 0 aromatic carbocycles. The number of fused-ring (bicyclic) bond motifs is 4. The van der Waals surface area contributed by atoms with Gasteiger partial charge in [0.1, 0.15) is 5.72 Å². The van der Waals surface area contributed by atoms with Crippen LogP contribution in [0.25, 0.3) is 0 Å². The fraction of sp³-hybridized carbons (Fsp3) is 1.00. The van der Waals surface area contributed by atoms with Crippen LogP contribution in [0.3, 0.4) is 0 Å². The average molecular weight is 263 g/mol. The van der Waals surface area contributed by atoms with Crippen molar-refractivity contribution in [1.82, 2.24) is 5.32 Å². The predicted molar refractivity (Wildman–Crippen MR) is 76.6 cm³/mol. The molecule has 4 saturated carbocycles. The number of nitrogens with one attached hydrogen (secondary N) is 1.